The number of esters is 1. The molecule has 0 amide bonds. The van der Waals surface area contributed by atoms with Gasteiger partial charge in [0.15, 0.2) is 6.79 Å². The highest BCUT2D eigenvalue weighted by molar-refractivity contribution is 5.74. The number of nitro groups is 1. The van der Waals surface area contributed by atoms with Gasteiger partial charge in [0.05, 0.1) is 29.7 Å². The Kier molecular flexibility index (Phi) is 13.1. The van der Waals surface area contributed by atoms with Crippen LogP contribution in [0, 0.1) is 16.0 Å². The van der Waals surface area contributed by atoms with Crippen molar-refractivity contribution in [3.05, 3.63) is 130 Å². The van der Waals surface area contributed by atoms with Gasteiger partial charge in [0.25, 0.3) is 5.69 Å². The molecule has 0 saturated heterocycles. The molecule has 0 fully saturated rings. The van der Waals surface area contributed by atoms with Crippen molar-refractivity contribution in [3.63, 3.8) is 0 Å². The number of carbonyl (C=O) groups excluding carboxylic acids is 1. The van der Waals surface area contributed by atoms with Crippen LogP contribution < -0.4 is 4.74 Å². The van der Waals surface area contributed by atoms with Crippen LogP contribution >= 0.6 is 0 Å². The standard InChI is InChI=1S/C39H45NO7/c1-4-24-39(25-23-29-13-8-6-9-14-29,47-28-46-34-21-19-31(20-22-34)30-15-10-7-11-16-30)27-36(41)37(38(42)45-3)35(5-2)32-17-12-18-33(26-32)40(43)44/h6-22,26,35-37,41H,4-5,23-25,27-28H2,1-3H3/t35-,36?,37?,39-/m1/s1. The van der Waals surface area contributed by atoms with Gasteiger partial charge in [-0.25, -0.2) is 0 Å². The van der Waals surface area contributed by atoms with Crippen molar-refractivity contribution in [3.8, 4) is 16.9 Å². The van der Waals surface area contributed by atoms with E-state index in [-0.39, 0.29) is 18.9 Å². The minimum absolute atomic E-state index is 0.0445. The summed E-state index contributed by atoms with van der Waals surface area (Å²) in [6.07, 6.45) is 2.14. The fraction of sp³-hybridized carbons (Fsp3) is 0.359. The molecular formula is C39H45NO7. The molecule has 4 atom stereocenters. The van der Waals surface area contributed by atoms with Crippen molar-refractivity contribution < 1.29 is 29.0 Å². The summed E-state index contributed by atoms with van der Waals surface area (Å²) in [5, 5.41) is 23.4. The molecular weight excluding hydrogens is 594 g/mol. The van der Waals surface area contributed by atoms with E-state index in [1.807, 2.05) is 67.6 Å². The molecule has 8 heteroatoms. The Morgan fingerprint density at radius 3 is 2.15 bits per heavy atom. The van der Waals surface area contributed by atoms with Gasteiger partial charge < -0.3 is 19.3 Å². The molecule has 248 valence electrons. The molecule has 0 aliphatic rings. The predicted molar refractivity (Wildman–Crippen MR) is 183 cm³/mol. The van der Waals surface area contributed by atoms with Crippen molar-refractivity contribution in [2.75, 3.05) is 13.9 Å². The van der Waals surface area contributed by atoms with Crippen LogP contribution in [0.25, 0.3) is 11.1 Å². The molecule has 0 aliphatic carbocycles. The number of nitrogens with zero attached hydrogens (tertiary/aromatic N) is 1. The average molecular weight is 640 g/mol. The summed E-state index contributed by atoms with van der Waals surface area (Å²) in [6, 6.07) is 34.2. The number of non-ortho nitro benzene ring substituents is 1. The molecule has 0 aliphatic heterocycles. The Balaban J connectivity index is 1.59. The first kappa shape index (κ1) is 35.3. The largest absolute Gasteiger partial charge is 0.469 e. The van der Waals surface area contributed by atoms with Crippen molar-refractivity contribution in [1.29, 1.82) is 0 Å². The fourth-order valence-corrected chi connectivity index (χ4v) is 6.40. The van der Waals surface area contributed by atoms with E-state index in [9.17, 15) is 20.0 Å². The first-order valence-corrected chi connectivity index (χ1v) is 16.3. The Morgan fingerprint density at radius 2 is 1.53 bits per heavy atom. The van der Waals surface area contributed by atoms with Crippen molar-refractivity contribution >= 4 is 11.7 Å². The van der Waals surface area contributed by atoms with Gasteiger partial charge in [0, 0.05) is 18.6 Å². The lowest BCUT2D eigenvalue weighted by molar-refractivity contribution is -0.384. The highest BCUT2D eigenvalue weighted by Crippen LogP contribution is 2.39. The topological polar surface area (TPSA) is 108 Å². The molecule has 47 heavy (non-hydrogen) atoms. The second-order valence-electron chi connectivity index (χ2n) is 11.9. The highest BCUT2D eigenvalue weighted by Gasteiger charge is 2.42. The third-order valence-corrected chi connectivity index (χ3v) is 8.82. The van der Waals surface area contributed by atoms with Crippen LogP contribution in [0.1, 0.15) is 63.0 Å². The van der Waals surface area contributed by atoms with Crippen molar-refractivity contribution in [1.82, 2.24) is 0 Å². The number of hydrogen-bond donors (Lipinski definition) is 1. The number of carbonyl (C=O) groups is 1. The molecule has 0 heterocycles. The minimum Gasteiger partial charge on any atom is -0.469 e. The Hall–Kier alpha value is -4.53. The molecule has 0 radical (unpaired) electrons. The minimum atomic E-state index is -1.15. The first-order valence-electron chi connectivity index (χ1n) is 16.3. The second-order valence-corrected chi connectivity index (χ2v) is 11.9. The molecule has 0 aromatic heterocycles. The van der Waals surface area contributed by atoms with Gasteiger partial charge in [-0.3, -0.25) is 14.9 Å². The molecule has 0 bridgehead atoms. The Labute approximate surface area is 277 Å². The number of aliphatic hydroxyl groups is 1. The van der Waals surface area contributed by atoms with Gasteiger partial charge >= 0.3 is 5.97 Å². The summed E-state index contributed by atoms with van der Waals surface area (Å²) in [5.74, 6) is -1.39. The van der Waals surface area contributed by atoms with E-state index in [1.54, 1.807) is 12.1 Å². The van der Waals surface area contributed by atoms with Gasteiger partial charge in [-0.2, -0.15) is 0 Å². The Bertz CT molecular complexity index is 1540. The number of aliphatic hydroxyl groups excluding tert-OH is 1. The lowest BCUT2D eigenvalue weighted by atomic mass is 9.75. The smallest absolute Gasteiger partial charge is 0.311 e. The fourth-order valence-electron chi connectivity index (χ4n) is 6.40. The molecule has 4 aromatic carbocycles. The van der Waals surface area contributed by atoms with E-state index in [4.69, 9.17) is 14.2 Å². The maximum Gasteiger partial charge on any atom is 0.311 e. The van der Waals surface area contributed by atoms with Crippen LogP contribution in [-0.4, -0.2) is 41.6 Å². The third-order valence-electron chi connectivity index (χ3n) is 8.82. The summed E-state index contributed by atoms with van der Waals surface area (Å²) in [7, 11) is 1.30. The first-order chi connectivity index (χ1) is 22.8. The summed E-state index contributed by atoms with van der Waals surface area (Å²) >= 11 is 0. The number of methoxy groups -OCH3 is 1. The summed E-state index contributed by atoms with van der Waals surface area (Å²) in [5.41, 5.74) is 3.03. The zero-order chi connectivity index (χ0) is 33.6. The predicted octanol–water partition coefficient (Wildman–Crippen LogP) is 8.52. The number of ether oxygens (including phenoxy) is 3. The van der Waals surface area contributed by atoms with Gasteiger partial charge in [-0.1, -0.05) is 105 Å². The summed E-state index contributed by atoms with van der Waals surface area (Å²) in [4.78, 5) is 24.4. The number of rotatable bonds is 18. The van der Waals surface area contributed by atoms with Crippen LogP contribution in [0.3, 0.4) is 0 Å². The summed E-state index contributed by atoms with van der Waals surface area (Å²) < 4.78 is 17.9. The molecule has 8 nitrogen and oxygen atoms in total. The van der Waals surface area contributed by atoms with E-state index in [1.165, 1.54) is 19.2 Å². The number of aryl methyl sites for hydroxylation is 1. The van der Waals surface area contributed by atoms with Crippen LogP contribution in [0.15, 0.2) is 109 Å². The molecule has 0 spiro atoms. The molecule has 4 rings (SSSR count). The normalized spacial score (nSPS) is 14.4. The zero-order valence-corrected chi connectivity index (χ0v) is 27.4. The maximum absolute atomic E-state index is 13.3. The Morgan fingerprint density at radius 1 is 0.872 bits per heavy atom. The number of nitro benzene ring substituents is 1. The molecule has 2 unspecified atom stereocenters. The summed E-state index contributed by atoms with van der Waals surface area (Å²) in [6.45, 7) is 3.91. The third kappa shape index (κ3) is 9.73. The lowest BCUT2D eigenvalue weighted by Gasteiger charge is -2.38. The van der Waals surface area contributed by atoms with E-state index in [2.05, 4.69) is 31.2 Å². The van der Waals surface area contributed by atoms with E-state index in [0.29, 0.717) is 37.0 Å². The van der Waals surface area contributed by atoms with Gasteiger partial charge in [-0.05, 0) is 66.0 Å². The second kappa shape index (κ2) is 17.4. The lowest BCUT2D eigenvalue weighted by Crippen LogP contribution is -2.44. The zero-order valence-electron chi connectivity index (χ0n) is 27.4. The van der Waals surface area contributed by atoms with Crippen LogP contribution in [0.4, 0.5) is 5.69 Å². The number of benzene rings is 4. The van der Waals surface area contributed by atoms with Gasteiger partial charge in [0.2, 0.25) is 0 Å². The van der Waals surface area contributed by atoms with E-state index < -0.39 is 34.4 Å². The van der Waals surface area contributed by atoms with Gasteiger partial charge in [0.1, 0.15) is 5.75 Å². The van der Waals surface area contributed by atoms with Crippen LogP contribution in [-0.2, 0) is 20.7 Å². The van der Waals surface area contributed by atoms with E-state index >= 15 is 0 Å². The average Bonchev–Trinajstić information content (AvgIpc) is 3.10. The van der Waals surface area contributed by atoms with Crippen molar-refractivity contribution in [2.45, 2.75) is 70.0 Å². The molecule has 4 aromatic rings. The highest BCUT2D eigenvalue weighted by atomic mass is 16.7. The molecule has 0 saturated carbocycles. The quantitative estimate of drug-likeness (QED) is 0.0503. The van der Waals surface area contributed by atoms with Crippen LogP contribution in [0.5, 0.6) is 5.75 Å². The molecule has 1 N–H and O–H groups in total. The van der Waals surface area contributed by atoms with E-state index in [0.717, 1.165) is 23.1 Å². The maximum atomic E-state index is 13.3. The SMILES string of the molecule is CCC[C@@](CCc1ccccc1)(CC(O)C(C(=O)OC)[C@H](CC)c1cccc([N+](=O)[O-])c1)OCOc1ccc(-c2ccccc2)cc1. The monoisotopic (exact) mass is 639 g/mol. The van der Waals surface area contributed by atoms with Crippen LogP contribution in [0.2, 0.25) is 0 Å². The van der Waals surface area contributed by atoms with Gasteiger partial charge in [-0.15, -0.1) is 0 Å². The van der Waals surface area contributed by atoms with Crippen molar-refractivity contribution in [2.24, 2.45) is 5.92 Å². The number of hydrogen-bond acceptors (Lipinski definition) is 7.